The fourth-order valence-corrected chi connectivity index (χ4v) is 8.16. The van der Waals surface area contributed by atoms with Gasteiger partial charge in [0.05, 0.1) is 6.10 Å². The van der Waals surface area contributed by atoms with Crippen LogP contribution in [0.5, 0.6) is 0 Å². The van der Waals surface area contributed by atoms with Gasteiger partial charge < -0.3 is 9.47 Å². The van der Waals surface area contributed by atoms with Gasteiger partial charge in [0.2, 0.25) is 5.79 Å². The Morgan fingerprint density at radius 3 is 2.65 bits per heavy atom. The fourth-order valence-electron chi connectivity index (χ4n) is 6.40. The molecule has 4 heterocycles. The van der Waals surface area contributed by atoms with Gasteiger partial charge in [0.25, 0.3) is 0 Å². The third-order valence-corrected chi connectivity index (χ3v) is 10.00. The van der Waals surface area contributed by atoms with Crippen molar-refractivity contribution < 1.29 is 23.6 Å². The molecule has 6 rings (SSSR count). The summed E-state index contributed by atoms with van der Waals surface area (Å²) < 4.78 is 26.3. The molecule has 1 aromatic carbocycles. The number of hydrogen-bond donors (Lipinski definition) is 0. The van der Waals surface area contributed by atoms with Crippen molar-refractivity contribution in [2.75, 3.05) is 0 Å². The number of hydrogen-bond acceptors (Lipinski definition) is 4. The molecule has 4 aliphatic heterocycles. The summed E-state index contributed by atoms with van der Waals surface area (Å²) in [4.78, 5) is 15.6. The van der Waals surface area contributed by atoms with E-state index in [1.807, 2.05) is 6.92 Å². The van der Waals surface area contributed by atoms with E-state index in [0.29, 0.717) is 23.7 Å². The van der Waals surface area contributed by atoms with Gasteiger partial charge in [-0.3, -0.25) is 0 Å². The predicted molar refractivity (Wildman–Crippen MR) is 117 cm³/mol. The van der Waals surface area contributed by atoms with Gasteiger partial charge in [-0.25, -0.2) is 14.2 Å². The minimum atomic E-state index is -1.35. The summed E-state index contributed by atoms with van der Waals surface area (Å²) in [5.41, 5.74) is 0.373. The molecule has 31 heavy (non-hydrogen) atoms. The van der Waals surface area contributed by atoms with Crippen LogP contribution in [0.15, 0.2) is 24.3 Å². The minimum absolute atomic E-state index is 0.116. The van der Waals surface area contributed by atoms with E-state index in [0.717, 1.165) is 30.1 Å². The summed E-state index contributed by atoms with van der Waals surface area (Å²) in [5, 5.41) is 0.972. The highest BCUT2D eigenvalue weighted by atomic mass is 27.2. The minimum Gasteiger partial charge on any atom is -0.347 e. The average molecular weight is 443 g/mol. The van der Waals surface area contributed by atoms with Gasteiger partial charge in [-0.1, -0.05) is 30.8 Å². The monoisotopic (exact) mass is 442 g/mol. The zero-order valence-electron chi connectivity index (χ0n) is 18.9. The molecule has 4 nitrogen and oxygen atoms in total. The highest BCUT2D eigenvalue weighted by Gasteiger charge is 2.69. The van der Waals surface area contributed by atoms with Gasteiger partial charge in [-0.05, 0) is 68.2 Å². The van der Waals surface area contributed by atoms with Gasteiger partial charge in [0.15, 0.2) is 11.9 Å². The molecule has 5 aliphatic rings. The maximum Gasteiger partial charge on any atom is 0.376 e. The summed E-state index contributed by atoms with van der Waals surface area (Å²) in [6, 6.07) is 6.40. The molecule has 1 spiro atoms. The van der Waals surface area contributed by atoms with Crippen molar-refractivity contribution in [1.82, 2.24) is 0 Å². The number of benzene rings is 1. The van der Waals surface area contributed by atoms with Crippen LogP contribution in [0.3, 0.4) is 0 Å². The first kappa shape index (κ1) is 21.9. The normalized spacial score (nSPS) is 43.4. The lowest BCUT2D eigenvalue weighted by Crippen LogP contribution is -2.70. The van der Waals surface area contributed by atoms with Gasteiger partial charge >= 0.3 is 14.1 Å². The summed E-state index contributed by atoms with van der Waals surface area (Å²) in [6.45, 7) is 6.62. The zero-order chi connectivity index (χ0) is 21.8. The van der Waals surface area contributed by atoms with Gasteiger partial charge in [0.1, 0.15) is 5.82 Å². The lowest BCUT2D eigenvalue weighted by Gasteiger charge is -2.60. The molecule has 1 aromatic rings. The first-order valence-corrected chi connectivity index (χ1v) is 14.3. The second-order valence-corrected chi connectivity index (χ2v) is 12.9. The fraction of sp³-hybridized carbons (Fsp3) is 0.680. The van der Waals surface area contributed by atoms with Crippen molar-refractivity contribution in [2.45, 2.75) is 81.3 Å². The molecule has 5 fully saturated rings. The molecule has 0 unspecified atom stereocenters. The maximum atomic E-state index is 13.1. The molecule has 0 aromatic heterocycles. The Labute approximate surface area is 189 Å². The van der Waals surface area contributed by atoms with E-state index in [4.69, 9.17) is 19.2 Å². The zero-order valence-corrected chi connectivity index (χ0v) is 20.1. The van der Waals surface area contributed by atoms with Crippen LogP contribution in [0, 0.1) is 40.2 Å². The van der Waals surface area contributed by atoms with Crippen molar-refractivity contribution in [1.29, 1.82) is 0 Å². The van der Waals surface area contributed by atoms with Gasteiger partial charge in [-0.15, -0.1) is 0 Å². The number of ether oxygens (including phenoxy) is 2. The molecule has 166 valence electrons. The van der Waals surface area contributed by atoms with E-state index < -0.39 is 25.5 Å². The molecular formula is C25H32AlFO4. The Bertz CT molecular complexity index is 882. The number of halogens is 1. The van der Waals surface area contributed by atoms with E-state index >= 15 is 0 Å². The Morgan fingerprint density at radius 1 is 1.10 bits per heavy atom. The first-order chi connectivity index (χ1) is 14.8. The maximum absolute atomic E-state index is 13.1. The topological polar surface area (TPSA) is 36.9 Å². The van der Waals surface area contributed by atoms with Crippen molar-refractivity contribution >= 4 is 14.1 Å². The molecule has 4 saturated heterocycles. The van der Waals surface area contributed by atoms with Crippen LogP contribution < -0.4 is 0 Å². The average Bonchev–Trinajstić information content (AvgIpc) is 2.97. The second-order valence-electron chi connectivity index (χ2n) is 10.4. The van der Waals surface area contributed by atoms with E-state index in [1.165, 1.54) is 18.6 Å². The van der Waals surface area contributed by atoms with Crippen LogP contribution in [-0.4, -0.2) is 37.9 Å². The third kappa shape index (κ3) is 3.78. The van der Waals surface area contributed by atoms with Gasteiger partial charge in [0, 0.05) is 17.9 Å². The third-order valence-electron chi connectivity index (χ3n) is 8.19. The summed E-state index contributed by atoms with van der Waals surface area (Å²) >= 11 is -1.35. The first-order valence-electron chi connectivity index (χ1n) is 11.8. The van der Waals surface area contributed by atoms with Gasteiger partial charge in [-0.2, -0.15) is 4.78 Å². The summed E-state index contributed by atoms with van der Waals surface area (Å²) in [7, 11) is 0. The number of fused-ring (bicyclic) bond motifs is 2. The van der Waals surface area contributed by atoms with Crippen LogP contribution in [0.2, 0.25) is 11.1 Å². The highest BCUT2D eigenvalue weighted by molar-refractivity contribution is 6.66. The molecule has 1 saturated carbocycles. The number of rotatable bonds is 2. The van der Waals surface area contributed by atoms with E-state index in [-0.39, 0.29) is 18.2 Å². The summed E-state index contributed by atoms with van der Waals surface area (Å²) in [5.74, 6) is 6.26. The Hall–Kier alpha value is -0.918. The smallest absolute Gasteiger partial charge is 0.347 e. The van der Waals surface area contributed by atoms with Crippen molar-refractivity contribution in [2.24, 2.45) is 23.7 Å². The molecule has 0 N–H and O–H groups in total. The quantitative estimate of drug-likeness (QED) is 0.363. The Morgan fingerprint density at radius 2 is 1.87 bits per heavy atom. The largest absolute Gasteiger partial charge is 0.376 e. The van der Waals surface area contributed by atoms with Crippen LogP contribution in [-0.2, 0) is 19.2 Å². The van der Waals surface area contributed by atoms with Crippen molar-refractivity contribution in [3.8, 4) is 10.7 Å². The van der Waals surface area contributed by atoms with Crippen molar-refractivity contribution in [3.63, 3.8) is 0 Å². The highest BCUT2D eigenvalue weighted by Crippen LogP contribution is 2.60. The van der Waals surface area contributed by atoms with Crippen LogP contribution in [0.1, 0.15) is 52.0 Å². The molecule has 0 radical (unpaired) electrons. The predicted octanol–water partition coefficient (Wildman–Crippen LogP) is 5.09. The lowest BCUT2D eigenvalue weighted by molar-refractivity contribution is -0.570. The van der Waals surface area contributed by atoms with Crippen LogP contribution in [0.4, 0.5) is 4.39 Å². The Balaban J connectivity index is 1.37. The molecule has 1 aliphatic carbocycles. The molecule has 6 heteroatoms. The van der Waals surface area contributed by atoms with Crippen molar-refractivity contribution in [3.05, 3.63) is 35.6 Å². The second kappa shape index (κ2) is 8.14. The lowest BCUT2D eigenvalue weighted by atomic mass is 9.57. The molecule has 2 bridgehead atoms. The van der Waals surface area contributed by atoms with E-state index in [1.54, 1.807) is 12.1 Å². The molecule has 0 amide bonds. The summed E-state index contributed by atoms with van der Waals surface area (Å²) in [6.07, 6.45) is 3.97. The standard InChI is InChI=1S/C16H25O4.C8H4F.CH3.Al/c1-9-5-6-13-10(2)11(3)17-14-16(13)12(9)7-8-15(4,18-14)19-20-16;1-2-7-3-5-8(9)6-4-7;;/h9-14H,3,5-8H2,1-2,4H3;3-6H;1H3;/t9-,10+,11+,12+,13+,14-,15+,16-;;;/m1.../s1. The Kier molecular flexibility index (Phi) is 5.75. The molecule has 8 atom stereocenters. The molecular weight excluding hydrogens is 410 g/mol. The van der Waals surface area contributed by atoms with Crippen LogP contribution in [0.25, 0.3) is 0 Å². The van der Waals surface area contributed by atoms with Crippen LogP contribution >= 0.6 is 0 Å². The van der Waals surface area contributed by atoms with E-state index in [2.05, 4.69) is 30.3 Å². The SMILES string of the molecule is C[C@H]1[C@H]([CH2][Al]([CH3])[C]#Cc2ccc(F)cc2)O[C@@H]2O[C@]3(C)CC[C@H]4[C@H](C)CC[C@@H]1[C@@]24OO3. The van der Waals surface area contributed by atoms with E-state index in [9.17, 15) is 4.39 Å².